The Hall–Kier alpha value is -9.96. The summed E-state index contributed by atoms with van der Waals surface area (Å²) in [7, 11) is 0. The van der Waals surface area contributed by atoms with Gasteiger partial charge in [-0.3, -0.25) is 0 Å². The van der Waals surface area contributed by atoms with E-state index in [1.54, 1.807) is 0 Å². The van der Waals surface area contributed by atoms with E-state index in [2.05, 4.69) is 311 Å². The Labute approximate surface area is 442 Å². The van der Waals surface area contributed by atoms with Crippen molar-refractivity contribution in [1.29, 1.82) is 0 Å². The molecule has 0 aliphatic heterocycles. The average molecular weight is 968 g/mol. The monoisotopic (exact) mass is 967 g/mol. The number of aromatic nitrogens is 2. The molecule has 2 aromatic heterocycles. The van der Waals surface area contributed by atoms with Gasteiger partial charge in [0.25, 0.3) is 0 Å². The maximum atomic E-state index is 2.46. The third-order valence-corrected chi connectivity index (χ3v) is 16.0. The Balaban J connectivity index is 0.849. The van der Waals surface area contributed by atoms with Crippen LogP contribution in [0.2, 0.25) is 0 Å². The van der Waals surface area contributed by atoms with Gasteiger partial charge in [0.1, 0.15) is 0 Å². The fourth-order valence-electron chi connectivity index (χ4n) is 12.7. The smallest absolute Gasteiger partial charge is 0.0714 e. The zero-order valence-corrected chi connectivity index (χ0v) is 41.6. The number of anilines is 3. The molecule has 12 aromatic carbocycles. The first-order valence-corrected chi connectivity index (χ1v) is 26.3. The van der Waals surface area contributed by atoms with E-state index in [-0.39, 0.29) is 0 Å². The number of hydrogen-bond donors (Lipinski definition) is 0. The fourth-order valence-corrected chi connectivity index (χ4v) is 12.7. The van der Waals surface area contributed by atoms with E-state index in [0.29, 0.717) is 0 Å². The third-order valence-electron chi connectivity index (χ3n) is 16.0. The van der Waals surface area contributed by atoms with Crippen molar-refractivity contribution in [2.24, 2.45) is 0 Å². The zero-order chi connectivity index (χ0) is 50.2. The number of para-hydroxylation sites is 4. The van der Waals surface area contributed by atoms with Gasteiger partial charge in [0.2, 0.25) is 0 Å². The highest BCUT2D eigenvalue weighted by atomic mass is 15.1. The van der Waals surface area contributed by atoms with Crippen LogP contribution < -0.4 is 4.90 Å². The molecular weight excluding hydrogens is 919 g/mol. The van der Waals surface area contributed by atoms with E-state index in [9.17, 15) is 0 Å². The van der Waals surface area contributed by atoms with E-state index in [1.807, 2.05) is 0 Å². The van der Waals surface area contributed by atoms with E-state index < -0.39 is 5.41 Å². The minimum atomic E-state index is -0.527. The summed E-state index contributed by atoms with van der Waals surface area (Å²) in [6.07, 6.45) is 0. The molecule has 3 heteroatoms. The van der Waals surface area contributed by atoms with Crippen LogP contribution in [-0.2, 0) is 5.41 Å². The van der Waals surface area contributed by atoms with E-state index in [1.165, 1.54) is 88.1 Å². The molecule has 15 rings (SSSR count). The lowest BCUT2D eigenvalue weighted by Crippen LogP contribution is -2.28. The topological polar surface area (TPSA) is 13.1 Å². The van der Waals surface area contributed by atoms with Crippen LogP contribution in [0.3, 0.4) is 0 Å². The molecule has 356 valence electrons. The Kier molecular flexibility index (Phi) is 10.1. The largest absolute Gasteiger partial charge is 0.310 e. The molecule has 1 aliphatic rings. The summed E-state index contributed by atoms with van der Waals surface area (Å²) >= 11 is 0. The van der Waals surface area contributed by atoms with Gasteiger partial charge in [0.15, 0.2) is 0 Å². The van der Waals surface area contributed by atoms with Crippen molar-refractivity contribution in [3.8, 4) is 44.8 Å². The molecule has 14 aromatic rings. The summed E-state index contributed by atoms with van der Waals surface area (Å²) in [6.45, 7) is 0. The van der Waals surface area contributed by atoms with Crippen LogP contribution in [-0.4, -0.2) is 9.13 Å². The van der Waals surface area contributed by atoms with Crippen LogP contribution in [0.25, 0.3) is 88.4 Å². The van der Waals surface area contributed by atoms with Crippen LogP contribution in [0.1, 0.15) is 22.3 Å². The molecule has 0 saturated heterocycles. The van der Waals surface area contributed by atoms with Gasteiger partial charge in [-0.15, -0.1) is 0 Å². The van der Waals surface area contributed by atoms with Crippen molar-refractivity contribution >= 4 is 60.7 Å². The Morgan fingerprint density at radius 1 is 0.263 bits per heavy atom. The molecule has 0 radical (unpaired) electrons. The number of benzene rings is 12. The standard InChI is InChI=1S/C73H49N3/c1-3-18-54(19-4-1)73(55-20-5-2-6-21-55)65-27-12-7-26-64(65)72-66(73)28-17-33-71(72)74(56-42-34-50(35-43-56)52-38-46-58(47-39-52)75-67-29-13-8-22-60(67)61-23-9-14-30-68(61)75)57-44-36-51(37-45-57)53-40-48-59(49-41-53)76-69-31-15-10-24-62(69)63-25-11-16-32-70(63)76/h1-49H. The van der Waals surface area contributed by atoms with Crippen molar-refractivity contribution in [2.75, 3.05) is 4.90 Å². The summed E-state index contributed by atoms with van der Waals surface area (Å²) in [5, 5.41) is 5.06. The molecule has 0 saturated carbocycles. The highest BCUT2D eigenvalue weighted by molar-refractivity contribution is 6.10. The summed E-state index contributed by atoms with van der Waals surface area (Å²) in [4.78, 5) is 2.46. The molecule has 0 bridgehead atoms. The predicted molar refractivity (Wildman–Crippen MR) is 318 cm³/mol. The fraction of sp³-hybridized carbons (Fsp3) is 0.0137. The second kappa shape index (κ2) is 17.6. The minimum absolute atomic E-state index is 0.527. The second-order valence-electron chi connectivity index (χ2n) is 20.0. The van der Waals surface area contributed by atoms with Crippen LogP contribution in [0, 0.1) is 0 Å². The normalized spacial score (nSPS) is 12.6. The summed E-state index contributed by atoms with van der Waals surface area (Å²) in [5.41, 5.74) is 22.1. The van der Waals surface area contributed by atoms with Gasteiger partial charge < -0.3 is 14.0 Å². The van der Waals surface area contributed by atoms with Crippen LogP contribution in [0.15, 0.2) is 297 Å². The lowest BCUT2D eigenvalue weighted by molar-refractivity contribution is 0.768. The molecule has 1 aliphatic carbocycles. The number of rotatable bonds is 9. The van der Waals surface area contributed by atoms with Crippen LogP contribution in [0.5, 0.6) is 0 Å². The first kappa shape index (κ1) is 43.6. The molecule has 2 heterocycles. The summed E-state index contributed by atoms with van der Waals surface area (Å²) in [5.74, 6) is 0. The van der Waals surface area contributed by atoms with Gasteiger partial charge in [-0.2, -0.15) is 0 Å². The highest BCUT2D eigenvalue weighted by Crippen LogP contribution is 2.59. The third kappa shape index (κ3) is 6.69. The maximum Gasteiger partial charge on any atom is 0.0714 e. The van der Waals surface area contributed by atoms with Gasteiger partial charge in [-0.25, -0.2) is 0 Å². The Bertz CT molecular complexity index is 4120. The second-order valence-corrected chi connectivity index (χ2v) is 20.0. The van der Waals surface area contributed by atoms with Gasteiger partial charge in [-0.05, 0) is 129 Å². The van der Waals surface area contributed by atoms with E-state index in [0.717, 1.165) is 39.6 Å². The molecule has 76 heavy (non-hydrogen) atoms. The van der Waals surface area contributed by atoms with Crippen molar-refractivity contribution in [3.63, 3.8) is 0 Å². The number of fused-ring (bicyclic) bond motifs is 9. The van der Waals surface area contributed by atoms with Gasteiger partial charge >= 0.3 is 0 Å². The van der Waals surface area contributed by atoms with Crippen molar-refractivity contribution < 1.29 is 0 Å². The van der Waals surface area contributed by atoms with Crippen LogP contribution >= 0.6 is 0 Å². The molecular formula is C73H49N3. The highest BCUT2D eigenvalue weighted by Gasteiger charge is 2.47. The first-order valence-electron chi connectivity index (χ1n) is 26.3. The lowest BCUT2D eigenvalue weighted by Gasteiger charge is -2.34. The van der Waals surface area contributed by atoms with E-state index in [4.69, 9.17) is 0 Å². The molecule has 0 N–H and O–H groups in total. The molecule has 0 atom stereocenters. The minimum Gasteiger partial charge on any atom is -0.310 e. The summed E-state index contributed by atoms with van der Waals surface area (Å²) in [6, 6.07) is 109. The molecule has 3 nitrogen and oxygen atoms in total. The zero-order valence-electron chi connectivity index (χ0n) is 41.6. The summed E-state index contributed by atoms with van der Waals surface area (Å²) < 4.78 is 4.76. The SMILES string of the molecule is c1ccc(C2(c3ccccc3)c3ccccc3-c3c(N(c4ccc(-c5ccc(-n6c7ccccc7c7ccccc76)cc5)cc4)c4ccc(-c5ccc(-n6c7ccccc7c7ccccc76)cc5)cc4)cccc32)cc1. The molecule has 0 fully saturated rings. The maximum absolute atomic E-state index is 2.46. The van der Waals surface area contributed by atoms with E-state index >= 15 is 0 Å². The quantitative estimate of drug-likeness (QED) is 0.140. The number of nitrogens with zero attached hydrogens (tertiary/aromatic N) is 3. The first-order chi connectivity index (χ1) is 37.7. The molecule has 0 spiro atoms. The Morgan fingerprint density at radius 3 is 1.03 bits per heavy atom. The molecule has 0 amide bonds. The van der Waals surface area contributed by atoms with Gasteiger partial charge in [0.05, 0.1) is 33.2 Å². The number of hydrogen-bond acceptors (Lipinski definition) is 1. The lowest BCUT2D eigenvalue weighted by atomic mass is 9.68. The van der Waals surface area contributed by atoms with Crippen molar-refractivity contribution in [2.45, 2.75) is 5.41 Å². The molecule has 0 unspecified atom stereocenters. The van der Waals surface area contributed by atoms with Gasteiger partial charge in [0, 0.05) is 49.9 Å². The average Bonchev–Trinajstić information content (AvgIpc) is 4.14. The van der Waals surface area contributed by atoms with Gasteiger partial charge in [-0.1, -0.05) is 218 Å². The predicted octanol–water partition coefficient (Wildman–Crippen LogP) is 19.0. The van der Waals surface area contributed by atoms with Crippen LogP contribution in [0.4, 0.5) is 17.1 Å². The van der Waals surface area contributed by atoms with Crippen molar-refractivity contribution in [3.05, 3.63) is 320 Å². The Morgan fingerprint density at radius 2 is 0.605 bits per heavy atom. The van der Waals surface area contributed by atoms with Crippen molar-refractivity contribution in [1.82, 2.24) is 9.13 Å².